The van der Waals surface area contributed by atoms with Crippen molar-refractivity contribution in [3.8, 4) is 0 Å². The van der Waals surface area contributed by atoms with E-state index in [1.54, 1.807) is 0 Å². The molecule has 0 unspecified atom stereocenters. The van der Waals surface area contributed by atoms with E-state index < -0.39 is 34.4 Å². The Bertz CT molecular complexity index is 523. The second kappa shape index (κ2) is 6.43. The third kappa shape index (κ3) is 4.26. The topological polar surface area (TPSA) is 99.1 Å². The van der Waals surface area contributed by atoms with Gasteiger partial charge in [0, 0.05) is 12.0 Å². The first-order valence-electron chi connectivity index (χ1n) is 6.86. The zero-order valence-corrected chi connectivity index (χ0v) is 12.8. The minimum atomic E-state index is -3.72. The van der Waals surface area contributed by atoms with E-state index in [2.05, 4.69) is 0 Å². The number of aliphatic carboxylic acids is 1. The van der Waals surface area contributed by atoms with Crippen molar-refractivity contribution in [3.63, 3.8) is 0 Å². The van der Waals surface area contributed by atoms with Crippen molar-refractivity contribution in [2.45, 2.75) is 45.0 Å². The standard InChI is InChI=1S/C13H20O7S/c1-8(2)3-4-21(16,17)20-11-6-9(13(14)15)5-10-12(11)19-7-18-10/h5,8,10-12H,3-4,6-7H2,1-2H3,(H,14,15)/t10-,11-,12-/m1/s1. The van der Waals surface area contributed by atoms with Crippen molar-refractivity contribution >= 4 is 16.1 Å². The summed E-state index contributed by atoms with van der Waals surface area (Å²) in [5.74, 6) is -0.953. The molecule has 0 amide bonds. The van der Waals surface area contributed by atoms with Crippen LogP contribution in [0.5, 0.6) is 0 Å². The van der Waals surface area contributed by atoms with Crippen LogP contribution in [0.4, 0.5) is 0 Å². The minimum Gasteiger partial charge on any atom is -0.478 e. The Labute approximate surface area is 124 Å². The Morgan fingerprint density at radius 3 is 2.81 bits per heavy atom. The normalized spacial score (nSPS) is 29.3. The Hall–Kier alpha value is -0.960. The van der Waals surface area contributed by atoms with Gasteiger partial charge in [-0.05, 0) is 18.4 Å². The van der Waals surface area contributed by atoms with Gasteiger partial charge >= 0.3 is 5.97 Å². The molecular formula is C13H20O7S. The summed E-state index contributed by atoms with van der Waals surface area (Å²) < 4.78 is 39.7. The van der Waals surface area contributed by atoms with Gasteiger partial charge in [0.05, 0.1) is 5.75 Å². The molecule has 1 saturated heterocycles. The van der Waals surface area contributed by atoms with Crippen LogP contribution in [0, 0.1) is 5.92 Å². The number of hydrogen-bond donors (Lipinski definition) is 1. The summed E-state index contributed by atoms with van der Waals surface area (Å²) in [7, 11) is -3.72. The molecule has 0 bridgehead atoms. The van der Waals surface area contributed by atoms with E-state index in [9.17, 15) is 13.2 Å². The first-order valence-corrected chi connectivity index (χ1v) is 8.44. The van der Waals surface area contributed by atoms with Crippen LogP contribution in [-0.4, -0.2) is 50.4 Å². The highest BCUT2D eigenvalue weighted by atomic mass is 32.2. The molecule has 0 radical (unpaired) electrons. The number of hydrogen-bond acceptors (Lipinski definition) is 6. The van der Waals surface area contributed by atoms with Gasteiger partial charge in [0.2, 0.25) is 0 Å². The van der Waals surface area contributed by atoms with Crippen molar-refractivity contribution in [1.82, 2.24) is 0 Å². The molecule has 2 aliphatic rings. The maximum Gasteiger partial charge on any atom is 0.331 e. The lowest BCUT2D eigenvalue weighted by Crippen LogP contribution is -2.42. The third-order valence-corrected chi connectivity index (χ3v) is 4.76. The molecule has 0 spiro atoms. The number of carbonyl (C=O) groups is 1. The fourth-order valence-corrected chi connectivity index (χ4v) is 3.72. The van der Waals surface area contributed by atoms with Crippen LogP contribution in [0.3, 0.4) is 0 Å². The summed E-state index contributed by atoms with van der Waals surface area (Å²) in [6, 6.07) is 0. The third-order valence-electron chi connectivity index (χ3n) is 3.49. The molecule has 0 aromatic heterocycles. The molecule has 7 nitrogen and oxygen atoms in total. The molecule has 21 heavy (non-hydrogen) atoms. The molecule has 1 aliphatic carbocycles. The quantitative estimate of drug-likeness (QED) is 0.726. The van der Waals surface area contributed by atoms with Crippen molar-refractivity contribution in [2.75, 3.05) is 12.5 Å². The van der Waals surface area contributed by atoms with E-state index in [0.717, 1.165) is 0 Å². The molecule has 2 rings (SSSR count). The van der Waals surface area contributed by atoms with Crippen LogP contribution in [0.15, 0.2) is 11.6 Å². The van der Waals surface area contributed by atoms with Crippen LogP contribution >= 0.6 is 0 Å². The molecule has 8 heteroatoms. The van der Waals surface area contributed by atoms with Gasteiger partial charge in [0.1, 0.15) is 25.1 Å². The Balaban J connectivity index is 2.08. The molecule has 0 saturated carbocycles. The van der Waals surface area contributed by atoms with Gasteiger partial charge in [-0.3, -0.25) is 4.18 Å². The van der Waals surface area contributed by atoms with Gasteiger partial charge < -0.3 is 14.6 Å². The van der Waals surface area contributed by atoms with E-state index >= 15 is 0 Å². The van der Waals surface area contributed by atoms with E-state index in [4.69, 9.17) is 18.8 Å². The molecular weight excluding hydrogens is 300 g/mol. The van der Waals surface area contributed by atoms with Gasteiger partial charge in [-0.1, -0.05) is 13.8 Å². The minimum absolute atomic E-state index is 0.00460. The summed E-state index contributed by atoms with van der Waals surface area (Å²) in [5, 5.41) is 9.08. The smallest absolute Gasteiger partial charge is 0.331 e. The maximum atomic E-state index is 12.0. The Morgan fingerprint density at radius 1 is 1.48 bits per heavy atom. The molecule has 120 valence electrons. The van der Waals surface area contributed by atoms with E-state index in [0.29, 0.717) is 6.42 Å². The summed E-state index contributed by atoms with van der Waals surface area (Å²) in [6.45, 7) is 3.85. The summed E-state index contributed by atoms with van der Waals surface area (Å²) >= 11 is 0. The second-order valence-electron chi connectivity index (χ2n) is 5.66. The van der Waals surface area contributed by atoms with E-state index in [-0.39, 0.29) is 30.5 Å². The SMILES string of the molecule is CC(C)CCS(=O)(=O)O[C@@H]1CC(C(=O)O)=C[C@H]2OCO[C@H]21. The fourth-order valence-electron chi connectivity index (χ4n) is 2.31. The zero-order valence-electron chi connectivity index (χ0n) is 12.0. The van der Waals surface area contributed by atoms with Crippen LogP contribution in [-0.2, 0) is 28.6 Å². The molecule has 1 aliphatic heterocycles. The van der Waals surface area contributed by atoms with E-state index in [1.807, 2.05) is 13.8 Å². The lowest BCUT2D eigenvalue weighted by Gasteiger charge is -2.29. The predicted octanol–water partition coefficient (Wildman–Crippen LogP) is 0.904. The van der Waals surface area contributed by atoms with E-state index in [1.165, 1.54) is 6.08 Å². The van der Waals surface area contributed by atoms with Crippen LogP contribution < -0.4 is 0 Å². The number of ether oxygens (including phenoxy) is 2. The largest absolute Gasteiger partial charge is 0.478 e. The van der Waals surface area contributed by atoms with Gasteiger partial charge in [0.25, 0.3) is 10.1 Å². The monoisotopic (exact) mass is 320 g/mol. The number of carboxylic acid groups (broad SMARTS) is 1. The van der Waals surface area contributed by atoms with Gasteiger partial charge in [-0.15, -0.1) is 0 Å². The van der Waals surface area contributed by atoms with Gasteiger partial charge in [0.15, 0.2) is 0 Å². The second-order valence-corrected chi connectivity index (χ2v) is 7.38. The van der Waals surface area contributed by atoms with Crippen molar-refractivity contribution in [3.05, 3.63) is 11.6 Å². The van der Waals surface area contributed by atoms with Crippen LogP contribution in [0.2, 0.25) is 0 Å². The number of carboxylic acids is 1. The fraction of sp³-hybridized carbons (Fsp3) is 0.769. The molecule has 1 N–H and O–H groups in total. The zero-order chi connectivity index (χ0) is 15.6. The van der Waals surface area contributed by atoms with Crippen molar-refractivity contribution in [2.24, 2.45) is 5.92 Å². The Kier molecular flexibility index (Phi) is 5.03. The molecule has 0 aromatic carbocycles. The highest BCUT2D eigenvalue weighted by Crippen LogP contribution is 2.31. The predicted molar refractivity (Wildman–Crippen MR) is 73.1 cm³/mol. The molecule has 0 aromatic rings. The lowest BCUT2D eigenvalue weighted by molar-refractivity contribution is -0.133. The molecule has 1 fully saturated rings. The van der Waals surface area contributed by atoms with Crippen molar-refractivity contribution in [1.29, 1.82) is 0 Å². The maximum absolute atomic E-state index is 12.0. The van der Waals surface area contributed by atoms with Crippen LogP contribution in [0.25, 0.3) is 0 Å². The molecule has 1 heterocycles. The molecule has 3 atom stereocenters. The number of rotatable bonds is 6. The van der Waals surface area contributed by atoms with Gasteiger partial charge in [-0.25, -0.2) is 4.79 Å². The van der Waals surface area contributed by atoms with Crippen LogP contribution in [0.1, 0.15) is 26.7 Å². The van der Waals surface area contributed by atoms with Gasteiger partial charge in [-0.2, -0.15) is 8.42 Å². The lowest BCUT2D eigenvalue weighted by atomic mass is 9.92. The first-order chi connectivity index (χ1) is 9.78. The average molecular weight is 320 g/mol. The number of fused-ring (bicyclic) bond motifs is 1. The van der Waals surface area contributed by atoms with Crippen molar-refractivity contribution < 1.29 is 32.0 Å². The highest BCUT2D eigenvalue weighted by Gasteiger charge is 2.42. The highest BCUT2D eigenvalue weighted by molar-refractivity contribution is 7.86. The average Bonchev–Trinajstić information content (AvgIpc) is 2.84. The summed E-state index contributed by atoms with van der Waals surface area (Å²) in [4.78, 5) is 11.1. The summed E-state index contributed by atoms with van der Waals surface area (Å²) in [5.41, 5.74) is 0.0887. The Morgan fingerprint density at radius 2 is 2.19 bits per heavy atom. The summed E-state index contributed by atoms with van der Waals surface area (Å²) in [6.07, 6.45) is -0.0772. The first kappa shape index (κ1) is 16.4.